The van der Waals surface area contributed by atoms with Crippen molar-refractivity contribution >= 4 is 0 Å². The fourth-order valence-corrected chi connectivity index (χ4v) is 2.73. The summed E-state index contributed by atoms with van der Waals surface area (Å²) in [5, 5.41) is 7.89. The fourth-order valence-electron chi connectivity index (χ4n) is 2.73. The molecule has 2 rings (SSSR count). The first-order chi connectivity index (χ1) is 8.22. The molecule has 0 spiro atoms. The third-order valence-corrected chi connectivity index (χ3v) is 3.57. The summed E-state index contributed by atoms with van der Waals surface area (Å²) in [4.78, 5) is 0. The van der Waals surface area contributed by atoms with Crippen LogP contribution in [-0.4, -0.2) is 16.8 Å². The molecule has 0 saturated heterocycles. The molecule has 94 valence electrons. The van der Waals surface area contributed by atoms with E-state index in [9.17, 15) is 0 Å². The molecule has 0 amide bonds. The molecule has 1 aliphatic carbocycles. The summed E-state index contributed by atoms with van der Waals surface area (Å²) in [6.45, 7) is 2.05. The van der Waals surface area contributed by atoms with Crippen LogP contribution in [0, 0.1) is 6.92 Å². The minimum atomic E-state index is 0.333. The molecular formula is C14H23N3. The van der Waals surface area contributed by atoms with Gasteiger partial charge in [-0.25, -0.2) is 0 Å². The highest BCUT2D eigenvalue weighted by Crippen LogP contribution is 2.29. The monoisotopic (exact) mass is 233 g/mol. The zero-order valence-corrected chi connectivity index (χ0v) is 11.2. The summed E-state index contributed by atoms with van der Waals surface area (Å²) in [7, 11) is 4.07. The summed E-state index contributed by atoms with van der Waals surface area (Å²) >= 11 is 0. The Balaban J connectivity index is 2.26. The number of rotatable bonds is 3. The Kier molecular flexibility index (Phi) is 4.00. The van der Waals surface area contributed by atoms with Crippen molar-refractivity contribution in [1.29, 1.82) is 0 Å². The molecule has 1 atom stereocenters. The summed E-state index contributed by atoms with van der Waals surface area (Å²) in [5.41, 5.74) is 3.91. The highest BCUT2D eigenvalue weighted by atomic mass is 15.3. The maximum absolute atomic E-state index is 4.45. The van der Waals surface area contributed by atoms with Crippen LogP contribution in [0.5, 0.6) is 0 Å². The quantitative estimate of drug-likeness (QED) is 0.814. The molecule has 1 aromatic rings. The summed E-state index contributed by atoms with van der Waals surface area (Å²) in [6.07, 6.45) is 8.89. The molecule has 1 N–H and O–H groups in total. The number of hydrogen-bond acceptors (Lipinski definition) is 2. The second-order valence-corrected chi connectivity index (χ2v) is 4.93. The number of aryl methyl sites for hydroxylation is 2. The molecule has 1 aromatic heterocycles. The minimum Gasteiger partial charge on any atom is -0.308 e. The first kappa shape index (κ1) is 12.4. The van der Waals surface area contributed by atoms with Gasteiger partial charge in [-0.1, -0.05) is 18.1 Å². The molecule has 0 aromatic carbocycles. The van der Waals surface area contributed by atoms with Crippen LogP contribution in [0.2, 0.25) is 0 Å². The van der Waals surface area contributed by atoms with E-state index >= 15 is 0 Å². The number of aromatic nitrogens is 2. The van der Waals surface area contributed by atoms with E-state index < -0.39 is 0 Å². The van der Waals surface area contributed by atoms with Gasteiger partial charge in [0.15, 0.2) is 0 Å². The van der Waals surface area contributed by atoms with Gasteiger partial charge in [0.2, 0.25) is 0 Å². The van der Waals surface area contributed by atoms with Crippen molar-refractivity contribution in [1.82, 2.24) is 15.1 Å². The Morgan fingerprint density at radius 2 is 2.18 bits per heavy atom. The average Bonchev–Trinajstić information content (AvgIpc) is 2.55. The third kappa shape index (κ3) is 2.78. The van der Waals surface area contributed by atoms with Crippen molar-refractivity contribution in [3.63, 3.8) is 0 Å². The average molecular weight is 233 g/mol. The minimum absolute atomic E-state index is 0.333. The first-order valence-electron chi connectivity index (χ1n) is 6.59. The van der Waals surface area contributed by atoms with Crippen LogP contribution in [0.25, 0.3) is 0 Å². The smallest absolute Gasteiger partial charge is 0.0705 e. The molecule has 0 bridgehead atoms. The van der Waals surface area contributed by atoms with Crippen molar-refractivity contribution in [2.45, 2.75) is 45.1 Å². The zero-order valence-electron chi connectivity index (χ0n) is 11.2. The maximum atomic E-state index is 4.45. The SMILES string of the molecule is CNC(C1=CCCCCC1)c1cc(C)nn1C. The van der Waals surface area contributed by atoms with E-state index in [-0.39, 0.29) is 0 Å². The summed E-state index contributed by atoms with van der Waals surface area (Å²) < 4.78 is 2.00. The Morgan fingerprint density at radius 3 is 2.82 bits per heavy atom. The van der Waals surface area contributed by atoms with Gasteiger partial charge in [0.05, 0.1) is 17.4 Å². The Hall–Kier alpha value is -1.09. The molecule has 1 unspecified atom stereocenters. The topological polar surface area (TPSA) is 29.9 Å². The van der Waals surface area contributed by atoms with Crippen LogP contribution >= 0.6 is 0 Å². The van der Waals surface area contributed by atoms with Gasteiger partial charge in [0.1, 0.15) is 0 Å². The molecule has 0 saturated carbocycles. The van der Waals surface area contributed by atoms with Gasteiger partial charge in [-0.15, -0.1) is 0 Å². The molecule has 3 heteroatoms. The summed E-state index contributed by atoms with van der Waals surface area (Å²) in [6, 6.07) is 2.52. The van der Waals surface area contributed by atoms with Gasteiger partial charge in [0, 0.05) is 7.05 Å². The lowest BCUT2D eigenvalue weighted by Gasteiger charge is -2.19. The maximum Gasteiger partial charge on any atom is 0.0705 e. The predicted octanol–water partition coefficient (Wildman–Crippen LogP) is 2.88. The Bertz CT molecular complexity index is 404. The molecule has 0 radical (unpaired) electrons. The normalized spacial score (nSPS) is 18.6. The van der Waals surface area contributed by atoms with Crippen LogP contribution in [0.3, 0.4) is 0 Å². The Labute approximate surface area is 104 Å². The highest BCUT2D eigenvalue weighted by Gasteiger charge is 2.19. The lowest BCUT2D eigenvalue weighted by molar-refractivity contribution is 0.574. The molecule has 1 aliphatic rings. The van der Waals surface area contributed by atoms with E-state index in [0.29, 0.717) is 6.04 Å². The molecule has 0 aliphatic heterocycles. The van der Waals surface area contributed by atoms with Crippen molar-refractivity contribution in [2.75, 3.05) is 7.05 Å². The Morgan fingerprint density at radius 1 is 1.35 bits per heavy atom. The lowest BCUT2D eigenvalue weighted by atomic mass is 9.99. The van der Waals surface area contributed by atoms with Gasteiger partial charge in [0.25, 0.3) is 0 Å². The molecule has 3 nitrogen and oxygen atoms in total. The van der Waals surface area contributed by atoms with Crippen LogP contribution in [0.4, 0.5) is 0 Å². The molecule has 0 fully saturated rings. The van der Waals surface area contributed by atoms with E-state index in [1.54, 1.807) is 0 Å². The van der Waals surface area contributed by atoms with Crippen molar-refractivity contribution < 1.29 is 0 Å². The molecular weight excluding hydrogens is 210 g/mol. The fraction of sp³-hybridized carbons (Fsp3) is 0.643. The van der Waals surface area contributed by atoms with Crippen LogP contribution in [0.1, 0.15) is 49.5 Å². The number of nitrogens with one attached hydrogen (secondary N) is 1. The van der Waals surface area contributed by atoms with E-state index in [1.165, 1.54) is 43.4 Å². The molecule has 17 heavy (non-hydrogen) atoms. The van der Waals surface area contributed by atoms with Gasteiger partial charge in [-0.3, -0.25) is 4.68 Å². The number of allylic oxidation sites excluding steroid dienone is 1. The number of hydrogen-bond donors (Lipinski definition) is 1. The van der Waals surface area contributed by atoms with E-state index in [2.05, 4.69) is 29.5 Å². The van der Waals surface area contributed by atoms with Crippen molar-refractivity contribution in [3.8, 4) is 0 Å². The zero-order chi connectivity index (χ0) is 12.3. The largest absolute Gasteiger partial charge is 0.308 e. The van der Waals surface area contributed by atoms with E-state index in [4.69, 9.17) is 0 Å². The number of likely N-dealkylation sites (N-methyl/N-ethyl adjacent to an activating group) is 1. The van der Waals surface area contributed by atoms with E-state index in [0.717, 1.165) is 5.69 Å². The first-order valence-corrected chi connectivity index (χ1v) is 6.59. The van der Waals surface area contributed by atoms with Crippen LogP contribution in [0.15, 0.2) is 17.7 Å². The van der Waals surface area contributed by atoms with Crippen molar-refractivity contribution in [3.05, 3.63) is 29.1 Å². The lowest BCUT2D eigenvalue weighted by Crippen LogP contribution is -2.21. The van der Waals surface area contributed by atoms with Crippen LogP contribution < -0.4 is 5.32 Å². The van der Waals surface area contributed by atoms with Gasteiger partial charge in [-0.2, -0.15) is 5.10 Å². The van der Waals surface area contributed by atoms with E-state index in [1.807, 2.05) is 18.8 Å². The van der Waals surface area contributed by atoms with Crippen molar-refractivity contribution in [2.24, 2.45) is 7.05 Å². The van der Waals surface area contributed by atoms with Gasteiger partial charge < -0.3 is 5.32 Å². The second-order valence-electron chi connectivity index (χ2n) is 4.93. The second kappa shape index (κ2) is 5.50. The van der Waals surface area contributed by atoms with Crippen LogP contribution in [-0.2, 0) is 7.05 Å². The standard InChI is InChI=1S/C14H23N3/c1-11-10-13(17(3)16-11)14(15-2)12-8-6-4-5-7-9-12/h8,10,14-15H,4-7,9H2,1-3H3. The van der Waals surface area contributed by atoms with Gasteiger partial charge >= 0.3 is 0 Å². The third-order valence-electron chi connectivity index (χ3n) is 3.57. The van der Waals surface area contributed by atoms with Gasteiger partial charge in [-0.05, 0) is 45.7 Å². The number of nitrogens with zero attached hydrogens (tertiary/aromatic N) is 2. The highest BCUT2D eigenvalue weighted by molar-refractivity contribution is 5.24. The summed E-state index contributed by atoms with van der Waals surface area (Å²) in [5.74, 6) is 0. The molecule has 1 heterocycles. The predicted molar refractivity (Wildman–Crippen MR) is 70.9 cm³/mol.